The van der Waals surface area contributed by atoms with Gasteiger partial charge in [-0.15, -0.1) is 0 Å². The second-order valence-corrected chi connectivity index (χ2v) is 9.23. The summed E-state index contributed by atoms with van der Waals surface area (Å²) in [5.41, 5.74) is 2.32. The highest BCUT2D eigenvalue weighted by Crippen LogP contribution is 2.16. The third kappa shape index (κ3) is 5.80. The molecule has 0 saturated carbocycles. The summed E-state index contributed by atoms with van der Waals surface area (Å²) in [4.78, 5) is 6.60. The summed E-state index contributed by atoms with van der Waals surface area (Å²) in [5.74, 6) is 0.512. The number of rotatable bonds is 7. The number of hydrogen-bond donors (Lipinski definition) is 2. The van der Waals surface area contributed by atoms with Crippen molar-refractivity contribution in [2.24, 2.45) is 4.99 Å². The molecule has 0 spiro atoms. The molecule has 0 bridgehead atoms. The first-order valence-corrected chi connectivity index (χ1v) is 11.6. The Morgan fingerprint density at radius 2 is 2.07 bits per heavy atom. The van der Waals surface area contributed by atoms with Crippen molar-refractivity contribution >= 4 is 16.0 Å². The molecule has 30 heavy (non-hydrogen) atoms. The van der Waals surface area contributed by atoms with Crippen LogP contribution in [0.1, 0.15) is 29.8 Å². The lowest BCUT2D eigenvalue weighted by atomic mass is 10.1. The predicted octanol–water partition coefficient (Wildman–Crippen LogP) is 1.13. The van der Waals surface area contributed by atoms with Crippen LogP contribution in [-0.4, -0.2) is 73.1 Å². The Kier molecular flexibility index (Phi) is 7.46. The smallest absolute Gasteiger partial charge is 0.220 e. The summed E-state index contributed by atoms with van der Waals surface area (Å²) in [6.07, 6.45) is 0.676. The summed E-state index contributed by atoms with van der Waals surface area (Å²) in [5, 5.41) is 17.4. The van der Waals surface area contributed by atoms with E-state index in [1.807, 2.05) is 43.0 Å². The molecule has 0 amide bonds. The highest BCUT2D eigenvalue weighted by Gasteiger charge is 2.29. The molecular formula is C20H29N5O4S. The molecule has 1 saturated heterocycles. The molecule has 9 nitrogen and oxygen atoms in total. The van der Waals surface area contributed by atoms with E-state index < -0.39 is 16.1 Å². The first kappa shape index (κ1) is 22.3. The van der Waals surface area contributed by atoms with Gasteiger partial charge in [-0.05, 0) is 19.4 Å². The van der Waals surface area contributed by atoms with E-state index in [2.05, 4.69) is 15.5 Å². The molecular weight excluding hydrogens is 406 g/mol. The number of hydrogen-bond acceptors (Lipinski definition) is 6. The maximum absolute atomic E-state index is 12.6. The van der Waals surface area contributed by atoms with Gasteiger partial charge in [-0.1, -0.05) is 35.0 Å². The molecule has 1 aromatic heterocycles. The third-order valence-electron chi connectivity index (χ3n) is 4.93. The van der Waals surface area contributed by atoms with Crippen LogP contribution in [-0.2, 0) is 15.8 Å². The van der Waals surface area contributed by atoms with Gasteiger partial charge in [0.2, 0.25) is 10.0 Å². The Balaban J connectivity index is 1.60. The third-order valence-corrected chi connectivity index (χ3v) is 6.74. The molecule has 1 aromatic carbocycles. The number of aliphatic hydroxyl groups is 1. The van der Waals surface area contributed by atoms with Crippen LogP contribution in [0.5, 0.6) is 0 Å². The minimum atomic E-state index is -3.45. The van der Waals surface area contributed by atoms with E-state index in [-0.39, 0.29) is 12.3 Å². The van der Waals surface area contributed by atoms with E-state index in [1.165, 1.54) is 10.6 Å². The first-order chi connectivity index (χ1) is 14.4. The topological polar surface area (TPSA) is 111 Å². The zero-order valence-corrected chi connectivity index (χ0v) is 18.2. The maximum Gasteiger partial charge on any atom is 0.220 e. The fraction of sp³-hybridized carbons (Fsp3) is 0.500. The van der Waals surface area contributed by atoms with Crippen molar-refractivity contribution in [1.82, 2.24) is 19.7 Å². The van der Waals surface area contributed by atoms with Crippen molar-refractivity contribution in [3.8, 4) is 0 Å². The Bertz CT molecular complexity index is 938. The number of guanidine groups is 1. The number of nitrogens with zero attached hydrogens (tertiary/aromatic N) is 4. The van der Waals surface area contributed by atoms with Crippen molar-refractivity contribution in [2.45, 2.75) is 25.7 Å². The first-order valence-electron chi connectivity index (χ1n) is 10.0. The zero-order valence-electron chi connectivity index (χ0n) is 17.4. The fourth-order valence-electron chi connectivity index (χ4n) is 3.35. The quantitative estimate of drug-likeness (QED) is 0.495. The van der Waals surface area contributed by atoms with Crippen LogP contribution in [0.4, 0.5) is 0 Å². The second kappa shape index (κ2) is 10.1. The monoisotopic (exact) mass is 435 g/mol. The molecule has 1 atom stereocenters. The van der Waals surface area contributed by atoms with Gasteiger partial charge in [0, 0.05) is 38.8 Å². The molecule has 1 aliphatic heterocycles. The van der Waals surface area contributed by atoms with Gasteiger partial charge in [-0.3, -0.25) is 4.99 Å². The molecule has 2 aromatic rings. The number of aryl methyl sites for hydroxylation is 1. The summed E-state index contributed by atoms with van der Waals surface area (Å²) in [7, 11) is -3.45. The molecule has 1 fully saturated rings. The van der Waals surface area contributed by atoms with Crippen LogP contribution in [0.3, 0.4) is 0 Å². The van der Waals surface area contributed by atoms with Crippen molar-refractivity contribution in [2.75, 3.05) is 39.3 Å². The average molecular weight is 436 g/mol. The minimum Gasteiger partial charge on any atom is -0.386 e. The molecule has 2 N–H and O–H groups in total. The molecule has 0 radical (unpaired) electrons. The standard InChI is InChI=1S/C20H29N5O4S/c1-3-21-20(22-14-19(26)17-6-4-5-16(2)13-17)24-8-10-25(11-9-24)30(27,28)15-18-7-12-29-23-18/h4-7,12-13,19,26H,3,8-11,14-15H2,1-2H3,(H,21,22). The summed E-state index contributed by atoms with van der Waals surface area (Å²) in [6, 6.07) is 9.30. The van der Waals surface area contributed by atoms with Gasteiger partial charge in [-0.25, -0.2) is 8.42 Å². The predicted molar refractivity (Wildman–Crippen MR) is 114 cm³/mol. The van der Waals surface area contributed by atoms with Gasteiger partial charge in [0.1, 0.15) is 12.0 Å². The van der Waals surface area contributed by atoms with Gasteiger partial charge in [0.15, 0.2) is 5.96 Å². The van der Waals surface area contributed by atoms with Crippen LogP contribution in [0.25, 0.3) is 0 Å². The van der Waals surface area contributed by atoms with Crippen molar-refractivity contribution in [3.63, 3.8) is 0 Å². The van der Waals surface area contributed by atoms with E-state index in [0.717, 1.165) is 11.1 Å². The largest absolute Gasteiger partial charge is 0.386 e. The number of aromatic nitrogens is 1. The summed E-state index contributed by atoms with van der Waals surface area (Å²) < 4.78 is 31.4. The minimum absolute atomic E-state index is 0.166. The highest BCUT2D eigenvalue weighted by atomic mass is 32.2. The lowest BCUT2D eigenvalue weighted by Crippen LogP contribution is -2.54. The van der Waals surface area contributed by atoms with Crippen LogP contribution in [0.2, 0.25) is 0 Å². The van der Waals surface area contributed by atoms with E-state index >= 15 is 0 Å². The Morgan fingerprint density at radius 3 is 2.70 bits per heavy atom. The van der Waals surface area contributed by atoms with E-state index in [4.69, 9.17) is 4.52 Å². The van der Waals surface area contributed by atoms with Gasteiger partial charge in [-0.2, -0.15) is 4.31 Å². The Morgan fingerprint density at radius 1 is 1.30 bits per heavy atom. The van der Waals surface area contributed by atoms with E-state index in [9.17, 15) is 13.5 Å². The zero-order chi connectivity index (χ0) is 21.6. The average Bonchev–Trinajstić information content (AvgIpc) is 3.23. The van der Waals surface area contributed by atoms with Crippen LogP contribution < -0.4 is 5.32 Å². The number of nitrogens with one attached hydrogen (secondary N) is 1. The van der Waals surface area contributed by atoms with Gasteiger partial charge in [0.05, 0.1) is 18.3 Å². The number of piperazine rings is 1. The number of aliphatic imine (C=N–C) groups is 1. The lowest BCUT2D eigenvalue weighted by Gasteiger charge is -2.35. The SMILES string of the molecule is CCNC(=NCC(O)c1cccc(C)c1)N1CCN(S(=O)(=O)Cc2ccon2)CC1. The molecule has 3 rings (SSSR count). The van der Waals surface area contributed by atoms with Crippen molar-refractivity contribution in [3.05, 3.63) is 53.4 Å². The second-order valence-electron chi connectivity index (χ2n) is 7.26. The van der Waals surface area contributed by atoms with Gasteiger partial charge >= 0.3 is 0 Å². The normalized spacial score (nSPS) is 17.2. The summed E-state index contributed by atoms with van der Waals surface area (Å²) in [6.45, 7) is 6.65. The highest BCUT2D eigenvalue weighted by molar-refractivity contribution is 7.88. The Labute approximate surface area is 177 Å². The molecule has 164 valence electrons. The Hall–Kier alpha value is -2.43. The van der Waals surface area contributed by atoms with Gasteiger partial charge in [0.25, 0.3) is 0 Å². The van der Waals surface area contributed by atoms with Crippen LogP contribution in [0.15, 0.2) is 46.1 Å². The van der Waals surface area contributed by atoms with Gasteiger partial charge < -0.3 is 19.8 Å². The molecule has 10 heteroatoms. The van der Waals surface area contributed by atoms with Crippen LogP contribution >= 0.6 is 0 Å². The van der Waals surface area contributed by atoms with Crippen LogP contribution in [0, 0.1) is 6.92 Å². The fourth-order valence-corrected chi connectivity index (χ4v) is 4.77. The lowest BCUT2D eigenvalue weighted by molar-refractivity contribution is 0.186. The van der Waals surface area contributed by atoms with E-state index in [1.54, 1.807) is 6.07 Å². The molecule has 1 aliphatic rings. The van der Waals surface area contributed by atoms with E-state index in [0.29, 0.717) is 44.4 Å². The number of aliphatic hydroxyl groups excluding tert-OH is 1. The van der Waals surface area contributed by atoms with Crippen molar-refractivity contribution in [1.29, 1.82) is 0 Å². The number of benzene rings is 1. The molecule has 0 aliphatic carbocycles. The summed E-state index contributed by atoms with van der Waals surface area (Å²) >= 11 is 0. The molecule has 2 heterocycles. The maximum atomic E-state index is 12.6. The molecule has 1 unspecified atom stereocenters. The number of sulfonamides is 1. The van der Waals surface area contributed by atoms with Crippen molar-refractivity contribution < 1.29 is 18.0 Å².